The minimum atomic E-state index is -0.714. The summed E-state index contributed by atoms with van der Waals surface area (Å²) in [6.45, 7) is 0. The second kappa shape index (κ2) is 8.56. The van der Waals surface area contributed by atoms with Crippen molar-refractivity contribution in [3.63, 3.8) is 0 Å². The molecule has 0 unspecified atom stereocenters. The predicted octanol–water partition coefficient (Wildman–Crippen LogP) is 2.78. The minimum absolute atomic E-state index is 0.0669. The number of aliphatic carboxylic acids is 1. The highest BCUT2D eigenvalue weighted by Gasteiger charge is 2.26. The molecule has 0 saturated heterocycles. The van der Waals surface area contributed by atoms with Crippen LogP contribution in [-0.4, -0.2) is 30.1 Å². The summed E-state index contributed by atoms with van der Waals surface area (Å²) in [5, 5.41) is 12.0. The second-order valence-electron chi connectivity index (χ2n) is 6.16. The number of carboxylic acids is 1. The van der Waals surface area contributed by atoms with Crippen LogP contribution in [0.3, 0.4) is 0 Å². The van der Waals surface area contributed by atoms with E-state index in [0.717, 1.165) is 31.4 Å². The molecule has 23 heavy (non-hydrogen) atoms. The SMILES string of the molecule is COc1ccc(CCCC(=O)NC2CCC(C(=O)O)CC2)cc1. The monoisotopic (exact) mass is 319 g/mol. The van der Waals surface area contributed by atoms with Crippen LogP contribution in [-0.2, 0) is 16.0 Å². The van der Waals surface area contributed by atoms with Crippen LogP contribution in [0, 0.1) is 5.92 Å². The lowest BCUT2D eigenvalue weighted by molar-refractivity contribution is -0.142. The number of hydrogen-bond acceptors (Lipinski definition) is 3. The zero-order chi connectivity index (χ0) is 16.7. The third kappa shape index (κ3) is 5.58. The van der Waals surface area contributed by atoms with E-state index in [9.17, 15) is 9.59 Å². The number of ether oxygens (including phenoxy) is 1. The Morgan fingerprint density at radius 1 is 1.17 bits per heavy atom. The third-order valence-corrected chi connectivity index (χ3v) is 4.47. The summed E-state index contributed by atoms with van der Waals surface area (Å²) in [5.41, 5.74) is 1.19. The number of nitrogens with one attached hydrogen (secondary N) is 1. The molecule has 0 atom stereocenters. The third-order valence-electron chi connectivity index (χ3n) is 4.47. The van der Waals surface area contributed by atoms with E-state index in [-0.39, 0.29) is 17.9 Å². The number of amides is 1. The topological polar surface area (TPSA) is 75.6 Å². The fourth-order valence-corrected chi connectivity index (χ4v) is 3.03. The molecule has 126 valence electrons. The first kappa shape index (κ1) is 17.3. The molecule has 1 amide bonds. The van der Waals surface area contributed by atoms with Gasteiger partial charge in [0, 0.05) is 12.5 Å². The molecule has 5 heteroatoms. The Labute approximate surface area is 137 Å². The molecule has 0 heterocycles. The Balaban J connectivity index is 1.64. The van der Waals surface area contributed by atoms with Gasteiger partial charge in [0.2, 0.25) is 5.91 Å². The lowest BCUT2D eigenvalue weighted by Crippen LogP contribution is -2.38. The summed E-state index contributed by atoms with van der Waals surface area (Å²) in [4.78, 5) is 22.9. The molecule has 0 radical (unpaired) electrons. The van der Waals surface area contributed by atoms with Crippen molar-refractivity contribution >= 4 is 11.9 Å². The van der Waals surface area contributed by atoms with Crippen LogP contribution >= 0.6 is 0 Å². The van der Waals surface area contributed by atoms with Crippen LogP contribution in [0.15, 0.2) is 24.3 Å². The smallest absolute Gasteiger partial charge is 0.306 e. The van der Waals surface area contributed by atoms with Crippen molar-refractivity contribution in [3.05, 3.63) is 29.8 Å². The minimum Gasteiger partial charge on any atom is -0.497 e. The first-order valence-corrected chi connectivity index (χ1v) is 8.23. The lowest BCUT2D eigenvalue weighted by atomic mass is 9.86. The van der Waals surface area contributed by atoms with E-state index >= 15 is 0 Å². The van der Waals surface area contributed by atoms with Gasteiger partial charge in [0.25, 0.3) is 0 Å². The molecule has 0 spiro atoms. The Morgan fingerprint density at radius 2 is 1.83 bits per heavy atom. The Bertz CT molecular complexity index is 518. The normalized spacial score (nSPS) is 20.7. The van der Waals surface area contributed by atoms with E-state index in [4.69, 9.17) is 9.84 Å². The molecule has 1 aliphatic carbocycles. The molecule has 2 rings (SSSR count). The van der Waals surface area contributed by atoms with Gasteiger partial charge in [0.15, 0.2) is 0 Å². The van der Waals surface area contributed by atoms with E-state index in [1.165, 1.54) is 5.56 Å². The summed E-state index contributed by atoms with van der Waals surface area (Å²) in [5.74, 6) is -0.0479. The van der Waals surface area contributed by atoms with Gasteiger partial charge < -0.3 is 15.2 Å². The summed E-state index contributed by atoms with van der Waals surface area (Å²) in [6, 6.07) is 8.03. The van der Waals surface area contributed by atoms with Crippen LogP contribution in [0.5, 0.6) is 5.75 Å². The van der Waals surface area contributed by atoms with Gasteiger partial charge in [0.05, 0.1) is 13.0 Å². The van der Waals surface area contributed by atoms with Crippen LogP contribution < -0.4 is 10.1 Å². The average Bonchev–Trinajstić information content (AvgIpc) is 2.56. The van der Waals surface area contributed by atoms with Crippen molar-refractivity contribution in [2.24, 2.45) is 5.92 Å². The number of rotatable bonds is 7. The molecule has 1 aliphatic rings. The molecule has 5 nitrogen and oxygen atoms in total. The van der Waals surface area contributed by atoms with E-state index < -0.39 is 5.97 Å². The summed E-state index contributed by atoms with van der Waals surface area (Å²) in [7, 11) is 1.64. The van der Waals surface area contributed by atoms with Crippen LogP contribution in [0.1, 0.15) is 44.1 Å². The van der Waals surface area contributed by atoms with Crippen LogP contribution in [0.25, 0.3) is 0 Å². The number of carboxylic acid groups (broad SMARTS) is 1. The fraction of sp³-hybridized carbons (Fsp3) is 0.556. The average molecular weight is 319 g/mol. The number of hydrogen-bond donors (Lipinski definition) is 2. The molecular weight excluding hydrogens is 294 g/mol. The van der Waals surface area contributed by atoms with Crippen LogP contribution in [0.4, 0.5) is 0 Å². The largest absolute Gasteiger partial charge is 0.497 e. The maximum atomic E-state index is 12.0. The summed E-state index contributed by atoms with van der Waals surface area (Å²) in [6.07, 6.45) is 5.03. The molecule has 2 N–H and O–H groups in total. The number of aryl methyl sites for hydroxylation is 1. The molecule has 0 bridgehead atoms. The Morgan fingerprint density at radius 3 is 2.39 bits per heavy atom. The van der Waals surface area contributed by atoms with Gasteiger partial charge in [-0.15, -0.1) is 0 Å². The van der Waals surface area contributed by atoms with Gasteiger partial charge >= 0.3 is 5.97 Å². The van der Waals surface area contributed by atoms with E-state index in [1.54, 1.807) is 7.11 Å². The highest BCUT2D eigenvalue weighted by Crippen LogP contribution is 2.24. The van der Waals surface area contributed by atoms with Crippen molar-refractivity contribution in [2.75, 3.05) is 7.11 Å². The number of methoxy groups -OCH3 is 1. The second-order valence-corrected chi connectivity index (χ2v) is 6.16. The van der Waals surface area contributed by atoms with Gasteiger partial charge in [0.1, 0.15) is 5.75 Å². The molecule has 1 aromatic rings. The maximum Gasteiger partial charge on any atom is 0.306 e. The van der Waals surface area contributed by atoms with E-state index in [0.29, 0.717) is 19.3 Å². The standard InChI is InChI=1S/C18H25NO4/c1-23-16-11-5-13(6-12-16)3-2-4-17(20)19-15-9-7-14(8-10-15)18(21)22/h5-6,11-12,14-15H,2-4,7-10H2,1H3,(H,19,20)(H,21,22). The first-order chi connectivity index (χ1) is 11.1. The molecular formula is C18H25NO4. The highest BCUT2D eigenvalue weighted by atomic mass is 16.5. The quantitative estimate of drug-likeness (QED) is 0.810. The number of carbonyl (C=O) groups is 2. The van der Waals surface area contributed by atoms with Crippen molar-refractivity contribution in [2.45, 2.75) is 51.0 Å². The summed E-state index contributed by atoms with van der Waals surface area (Å²) >= 11 is 0. The van der Waals surface area contributed by atoms with Gasteiger partial charge in [-0.1, -0.05) is 12.1 Å². The highest BCUT2D eigenvalue weighted by molar-refractivity contribution is 5.76. The number of benzene rings is 1. The maximum absolute atomic E-state index is 12.0. The first-order valence-electron chi connectivity index (χ1n) is 8.23. The van der Waals surface area contributed by atoms with Crippen molar-refractivity contribution in [1.29, 1.82) is 0 Å². The molecule has 1 saturated carbocycles. The lowest BCUT2D eigenvalue weighted by Gasteiger charge is -2.26. The summed E-state index contributed by atoms with van der Waals surface area (Å²) < 4.78 is 5.12. The van der Waals surface area contributed by atoms with Crippen molar-refractivity contribution < 1.29 is 19.4 Å². The zero-order valence-corrected chi connectivity index (χ0v) is 13.6. The van der Waals surface area contributed by atoms with E-state index in [2.05, 4.69) is 5.32 Å². The Hall–Kier alpha value is -2.04. The van der Waals surface area contributed by atoms with E-state index in [1.807, 2.05) is 24.3 Å². The van der Waals surface area contributed by atoms with Gasteiger partial charge in [-0.05, 0) is 56.2 Å². The van der Waals surface area contributed by atoms with Gasteiger partial charge in [-0.2, -0.15) is 0 Å². The molecule has 0 aromatic heterocycles. The van der Waals surface area contributed by atoms with Crippen molar-refractivity contribution in [3.8, 4) is 5.75 Å². The zero-order valence-electron chi connectivity index (χ0n) is 13.6. The van der Waals surface area contributed by atoms with Crippen molar-refractivity contribution in [1.82, 2.24) is 5.32 Å². The molecule has 1 fully saturated rings. The van der Waals surface area contributed by atoms with Crippen LogP contribution in [0.2, 0.25) is 0 Å². The van der Waals surface area contributed by atoms with Gasteiger partial charge in [-0.3, -0.25) is 9.59 Å². The predicted molar refractivity (Wildman–Crippen MR) is 87.5 cm³/mol. The Kier molecular flexibility index (Phi) is 6.44. The fourth-order valence-electron chi connectivity index (χ4n) is 3.03. The van der Waals surface area contributed by atoms with Gasteiger partial charge in [-0.25, -0.2) is 0 Å². The number of carbonyl (C=O) groups excluding carboxylic acids is 1. The molecule has 1 aromatic carbocycles. The molecule has 0 aliphatic heterocycles.